The van der Waals surface area contributed by atoms with Crippen LogP contribution in [0, 0.1) is 0 Å². The Kier molecular flexibility index (Phi) is 4.85. The van der Waals surface area contributed by atoms with Crippen LogP contribution < -0.4 is 5.32 Å². The molecular weight excluding hydrogens is 176 g/mol. The molecule has 14 heavy (non-hydrogen) atoms. The zero-order valence-corrected chi connectivity index (χ0v) is 9.81. The zero-order valence-electron chi connectivity index (χ0n) is 9.81. The molecule has 1 saturated heterocycles. The van der Waals surface area contributed by atoms with Gasteiger partial charge in [-0.25, -0.2) is 0 Å². The summed E-state index contributed by atoms with van der Waals surface area (Å²) in [6, 6.07) is 0. The molecule has 1 heterocycles. The van der Waals surface area contributed by atoms with Crippen LogP contribution in [0.25, 0.3) is 0 Å². The Balaban J connectivity index is 2.03. The summed E-state index contributed by atoms with van der Waals surface area (Å²) in [6.45, 7) is 9.61. The molecule has 0 amide bonds. The SMILES string of the molecule is CCN(C)CCNCC1(C)CCCO1. The lowest BCUT2D eigenvalue weighted by Gasteiger charge is -2.24. The van der Waals surface area contributed by atoms with Crippen molar-refractivity contribution in [2.75, 3.05) is 39.8 Å². The van der Waals surface area contributed by atoms with Crippen LogP contribution in [-0.4, -0.2) is 50.3 Å². The van der Waals surface area contributed by atoms with Crippen LogP contribution >= 0.6 is 0 Å². The molecule has 3 heteroatoms. The fourth-order valence-corrected chi connectivity index (χ4v) is 1.76. The van der Waals surface area contributed by atoms with Gasteiger partial charge in [0.25, 0.3) is 0 Å². The van der Waals surface area contributed by atoms with Crippen LogP contribution in [0.3, 0.4) is 0 Å². The Morgan fingerprint density at radius 1 is 1.50 bits per heavy atom. The van der Waals surface area contributed by atoms with Crippen molar-refractivity contribution in [2.24, 2.45) is 0 Å². The summed E-state index contributed by atoms with van der Waals surface area (Å²) < 4.78 is 5.70. The predicted molar refractivity (Wildman–Crippen MR) is 59.6 cm³/mol. The van der Waals surface area contributed by atoms with Gasteiger partial charge < -0.3 is 15.0 Å². The van der Waals surface area contributed by atoms with Gasteiger partial charge in [0.2, 0.25) is 0 Å². The first-order chi connectivity index (χ1) is 6.66. The molecule has 1 fully saturated rings. The largest absolute Gasteiger partial charge is 0.374 e. The fraction of sp³-hybridized carbons (Fsp3) is 1.00. The van der Waals surface area contributed by atoms with Gasteiger partial charge in [0.15, 0.2) is 0 Å². The van der Waals surface area contributed by atoms with E-state index in [1.807, 2.05) is 0 Å². The minimum Gasteiger partial charge on any atom is -0.374 e. The molecule has 1 aliphatic rings. The highest BCUT2D eigenvalue weighted by Crippen LogP contribution is 2.23. The quantitative estimate of drug-likeness (QED) is 0.650. The fourth-order valence-electron chi connectivity index (χ4n) is 1.76. The van der Waals surface area contributed by atoms with E-state index in [9.17, 15) is 0 Å². The molecule has 0 aromatic carbocycles. The van der Waals surface area contributed by atoms with Gasteiger partial charge >= 0.3 is 0 Å². The van der Waals surface area contributed by atoms with E-state index in [-0.39, 0.29) is 5.60 Å². The smallest absolute Gasteiger partial charge is 0.0779 e. The Bertz CT molecular complexity index is 155. The summed E-state index contributed by atoms with van der Waals surface area (Å²) in [7, 11) is 2.15. The van der Waals surface area contributed by atoms with Crippen LogP contribution in [0.1, 0.15) is 26.7 Å². The van der Waals surface area contributed by atoms with E-state index < -0.39 is 0 Å². The maximum atomic E-state index is 5.70. The van der Waals surface area contributed by atoms with E-state index in [4.69, 9.17) is 4.74 Å². The highest BCUT2D eigenvalue weighted by molar-refractivity contribution is 4.82. The Morgan fingerprint density at radius 3 is 2.86 bits per heavy atom. The average Bonchev–Trinajstić information content (AvgIpc) is 2.60. The van der Waals surface area contributed by atoms with Gasteiger partial charge in [0.1, 0.15) is 0 Å². The summed E-state index contributed by atoms with van der Waals surface area (Å²) in [4.78, 5) is 2.31. The predicted octanol–water partition coefficient (Wildman–Crippen LogP) is 1.10. The van der Waals surface area contributed by atoms with Crippen LogP contribution in [0.5, 0.6) is 0 Å². The third-order valence-electron chi connectivity index (χ3n) is 3.01. The molecule has 0 bridgehead atoms. The minimum absolute atomic E-state index is 0.102. The third kappa shape index (κ3) is 3.95. The molecule has 0 radical (unpaired) electrons. The lowest BCUT2D eigenvalue weighted by Crippen LogP contribution is -2.40. The second-order valence-corrected chi connectivity index (χ2v) is 4.47. The summed E-state index contributed by atoms with van der Waals surface area (Å²) in [5, 5.41) is 3.47. The van der Waals surface area contributed by atoms with E-state index in [2.05, 4.69) is 31.1 Å². The lowest BCUT2D eigenvalue weighted by molar-refractivity contribution is 0.0207. The maximum absolute atomic E-state index is 5.70. The molecule has 0 aromatic rings. The molecule has 1 aliphatic heterocycles. The standard InChI is InChI=1S/C11H24N2O/c1-4-13(3)8-7-12-10-11(2)6-5-9-14-11/h12H,4-10H2,1-3H3. The van der Waals surface area contributed by atoms with Crippen molar-refractivity contribution in [3.8, 4) is 0 Å². The van der Waals surface area contributed by atoms with Crippen molar-refractivity contribution in [1.82, 2.24) is 10.2 Å². The van der Waals surface area contributed by atoms with Gasteiger partial charge in [0, 0.05) is 26.2 Å². The molecule has 0 aromatic heterocycles. The molecule has 1 rings (SSSR count). The third-order valence-corrected chi connectivity index (χ3v) is 3.01. The van der Waals surface area contributed by atoms with Crippen LogP contribution in [0.4, 0.5) is 0 Å². The number of ether oxygens (including phenoxy) is 1. The number of likely N-dealkylation sites (N-methyl/N-ethyl adjacent to an activating group) is 1. The van der Waals surface area contributed by atoms with Gasteiger partial charge in [-0.3, -0.25) is 0 Å². The minimum atomic E-state index is 0.102. The average molecular weight is 200 g/mol. The number of rotatable bonds is 6. The normalized spacial score (nSPS) is 27.4. The molecule has 0 saturated carbocycles. The van der Waals surface area contributed by atoms with Crippen molar-refractivity contribution in [2.45, 2.75) is 32.3 Å². The van der Waals surface area contributed by atoms with Gasteiger partial charge in [-0.05, 0) is 33.4 Å². The number of hydrogen-bond donors (Lipinski definition) is 1. The Labute approximate surface area is 87.8 Å². The first-order valence-corrected chi connectivity index (χ1v) is 5.69. The number of nitrogens with one attached hydrogen (secondary N) is 1. The highest BCUT2D eigenvalue weighted by atomic mass is 16.5. The topological polar surface area (TPSA) is 24.5 Å². The molecule has 84 valence electrons. The molecule has 1 unspecified atom stereocenters. The second-order valence-electron chi connectivity index (χ2n) is 4.47. The van der Waals surface area contributed by atoms with E-state index >= 15 is 0 Å². The van der Waals surface area contributed by atoms with Crippen molar-refractivity contribution < 1.29 is 4.74 Å². The summed E-state index contributed by atoms with van der Waals surface area (Å²) in [6.07, 6.45) is 2.41. The Hall–Kier alpha value is -0.120. The van der Waals surface area contributed by atoms with E-state index in [1.54, 1.807) is 0 Å². The number of hydrogen-bond acceptors (Lipinski definition) is 3. The first-order valence-electron chi connectivity index (χ1n) is 5.69. The molecule has 3 nitrogen and oxygen atoms in total. The summed E-state index contributed by atoms with van der Waals surface area (Å²) in [5.74, 6) is 0. The van der Waals surface area contributed by atoms with Gasteiger partial charge in [-0.1, -0.05) is 6.92 Å². The van der Waals surface area contributed by atoms with Crippen molar-refractivity contribution in [3.05, 3.63) is 0 Å². The van der Waals surface area contributed by atoms with E-state index in [1.165, 1.54) is 12.8 Å². The summed E-state index contributed by atoms with van der Waals surface area (Å²) >= 11 is 0. The van der Waals surface area contributed by atoms with Gasteiger partial charge in [-0.2, -0.15) is 0 Å². The molecule has 1 N–H and O–H groups in total. The van der Waals surface area contributed by atoms with Crippen molar-refractivity contribution in [1.29, 1.82) is 0 Å². The lowest BCUT2D eigenvalue weighted by atomic mass is 10.0. The van der Waals surface area contributed by atoms with Crippen molar-refractivity contribution >= 4 is 0 Å². The van der Waals surface area contributed by atoms with Gasteiger partial charge in [0.05, 0.1) is 5.60 Å². The second kappa shape index (κ2) is 5.69. The Morgan fingerprint density at radius 2 is 2.29 bits per heavy atom. The maximum Gasteiger partial charge on any atom is 0.0779 e. The summed E-state index contributed by atoms with van der Waals surface area (Å²) in [5.41, 5.74) is 0.102. The molecule has 0 aliphatic carbocycles. The van der Waals surface area contributed by atoms with E-state index in [0.29, 0.717) is 0 Å². The van der Waals surface area contributed by atoms with Crippen molar-refractivity contribution in [3.63, 3.8) is 0 Å². The molecular formula is C11H24N2O. The van der Waals surface area contributed by atoms with Crippen LogP contribution in [0.2, 0.25) is 0 Å². The molecule has 1 atom stereocenters. The monoisotopic (exact) mass is 200 g/mol. The molecule has 0 spiro atoms. The highest BCUT2D eigenvalue weighted by Gasteiger charge is 2.28. The zero-order chi connectivity index (χ0) is 10.4. The van der Waals surface area contributed by atoms with Crippen LogP contribution in [-0.2, 0) is 4.74 Å². The van der Waals surface area contributed by atoms with Crippen LogP contribution in [0.15, 0.2) is 0 Å². The van der Waals surface area contributed by atoms with Gasteiger partial charge in [-0.15, -0.1) is 0 Å². The van der Waals surface area contributed by atoms with E-state index in [0.717, 1.165) is 32.8 Å². The first kappa shape index (κ1) is 12.0. The number of nitrogens with zero attached hydrogens (tertiary/aromatic N) is 1.